The summed E-state index contributed by atoms with van der Waals surface area (Å²) in [6.07, 6.45) is 1.27. The van der Waals surface area contributed by atoms with Crippen LogP contribution in [-0.2, 0) is 14.4 Å². The van der Waals surface area contributed by atoms with E-state index in [0.717, 1.165) is 4.90 Å². The molecule has 8 heteroatoms. The van der Waals surface area contributed by atoms with Crippen molar-refractivity contribution in [3.05, 3.63) is 65.2 Å². The summed E-state index contributed by atoms with van der Waals surface area (Å²) in [6, 6.07) is 12.3. The molecule has 8 nitrogen and oxygen atoms in total. The first kappa shape index (κ1) is 18.8. The fourth-order valence-corrected chi connectivity index (χ4v) is 2.72. The number of nitrogens with zero attached hydrogens (tertiary/aromatic N) is 1. The Labute approximate surface area is 160 Å². The van der Waals surface area contributed by atoms with Gasteiger partial charge in [0.05, 0.1) is 5.69 Å². The molecule has 3 rings (SSSR count). The lowest BCUT2D eigenvalue weighted by Gasteiger charge is -2.27. The topological polar surface area (TPSA) is 113 Å². The highest BCUT2D eigenvalue weighted by molar-refractivity contribution is 6.39. The zero-order valence-electron chi connectivity index (χ0n) is 14.8. The van der Waals surface area contributed by atoms with Gasteiger partial charge in [0.2, 0.25) is 0 Å². The summed E-state index contributed by atoms with van der Waals surface area (Å²) < 4.78 is 5.19. The Morgan fingerprint density at radius 1 is 1.11 bits per heavy atom. The van der Waals surface area contributed by atoms with Crippen LogP contribution < -0.4 is 15.0 Å². The predicted octanol–water partition coefficient (Wildman–Crippen LogP) is 2.12. The number of benzene rings is 2. The fourth-order valence-electron chi connectivity index (χ4n) is 2.72. The molecule has 1 aliphatic heterocycles. The standard InChI is InChI=1S/C20H16N2O6/c1-12-6-2-4-8-15(12)22-19(26)14(18(25)21-20(22)27)10-13-7-3-5-9-16(13)28-11-17(23)24/h2-10H,11H2,1H3,(H,23,24)(H,21,25,27). The van der Waals surface area contributed by atoms with E-state index in [4.69, 9.17) is 9.84 Å². The van der Waals surface area contributed by atoms with Crippen LogP contribution in [0.2, 0.25) is 0 Å². The molecule has 4 amide bonds. The van der Waals surface area contributed by atoms with Crippen LogP contribution in [0.1, 0.15) is 11.1 Å². The molecule has 142 valence electrons. The maximum absolute atomic E-state index is 12.9. The van der Waals surface area contributed by atoms with E-state index in [1.165, 1.54) is 12.1 Å². The Morgan fingerprint density at radius 3 is 2.50 bits per heavy atom. The number of amides is 4. The van der Waals surface area contributed by atoms with Gasteiger partial charge < -0.3 is 9.84 Å². The lowest BCUT2D eigenvalue weighted by Crippen LogP contribution is -2.54. The second-order valence-electron chi connectivity index (χ2n) is 5.96. The van der Waals surface area contributed by atoms with Gasteiger partial charge in [-0.1, -0.05) is 36.4 Å². The lowest BCUT2D eigenvalue weighted by molar-refractivity contribution is -0.139. The normalized spacial score (nSPS) is 15.5. The average Bonchev–Trinajstić information content (AvgIpc) is 2.65. The van der Waals surface area contributed by atoms with Gasteiger partial charge in [-0.25, -0.2) is 14.5 Å². The van der Waals surface area contributed by atoms with Crippen molar-refractivity contribution in [1.29, 1.82) is 0 Å². The molecular weight excluding hydrogens is 364 g/mol. The second-order valence-corrected chi connectivity index (χ2v) is 5.96. The first-order chi connectivity index (χ1) is 13.4. The Hall–Kier alpha value is -3.94. The molecule has 0 radical (unpaired) electrons. The number of barbiturate groups is 1. The number of rotatable bonds is 5. The maximum Gasteiger partial charge on any atom is 0.341 e. The van der Waals surface area contributed by atoms with Crippen LogP contribution in [0.3, 0.4) is 0 Å². The number of aryl methyl sites for hydroxylation is 1. The van der Waals surface area contributed by atoms with E-state index in [1.807, 2.05) is 0 Å². The van der Waals surface area contributed by atoms with E-state index in [9.17, 15) is 19.2 Å². The van der Waals surface area contributed by atoms with E-state index in [0.29, 0.717) is 16.8 Å². The fraction of sp³-hybridized carbons (Fsp3) is 0.100. The van der Waals surface area contributed by atoms with Crippen molar-refractivity contribution < 1.29 is 29.0 Å². The summed E-state index contributed by atoms with van der Waals surface area (Å²) in [6.45, 7) is 1.17. The lowest BCUT2D eigenvalue weighted by atomic mass is 10.1. The first-order valence-corrected chi connectivity index (χ1v) is 8.29. The number of carbonyl (C=O) groups excluding carboxylic acids is 3. The summed E-state index contributed by atoms with van der Waals surface area (Å²) in [5.41, 5.74) is 1.11. The van der Waals surface area contributed by atoms with Gasteiger partial charge in [0, 0.05) is 5.56 Å². The van der Waals surface area contributed by atoms with Gasteiger partial charge in [-0.05, 0) is 30.7 Å². The summed E-state index contributed by atoms with van der Waals surface area (Å²) >= 11 is 0. The zero-order chi connectivity index (χ0) is 20.3. The van der Waals surface area contributed by atoms with Crippen molar-refractivity contribution in [3.63, 3.8) is 0 Å². The number of carboxylic acids is 1. The highest BCUT2D eigenvalue weighted by Gasteiger charge is 2.37. The van der Waals surface area contributed by atoms with Crippen LogP contribution in [0.25, 0.3) is 6.08 Å². The number of para-hydroxylation sites is 2. The Balaban J connectivity index is 2.01. The van der Waals surface area contributed by atoms with E-state index in [2.05, 4.69) is 5.32 Å². The largest absolute Gasteiger partial charge is 0.481 e. The number of carboxylic acid groups (broad SMARTS) is 1. The van der Waals surface area contributed by atoms with Crippen molar-refractivity contribution >= 4 is 35.6 Å². The molecule has 28 heavy (non-hydrogen) atoms. The Bertz CT molecular complexity index is 1010. The SMILES string of the molecule is Cc1ccccc1N1C(=O)NC(=O)C(=Cc2ccccc2OCC(=O)O)C1=O. The van der Waals surface area contributed by atoms with Gasteiger partial charge in [0.1, 0.15) is 11.3 Å². The summed E-state index contributed by atoms with van der Waals surface area (Å²) in [5.74, 6) is -2.59. The van der Waals surface area contributed by atoms with Crippen molar-refractivity contribution in [2.45, 2.75) is 6.92 Å². The number of anilines is 1. The minimum atomic E-state index is -1.16. The number of aliphatic carboxylic acids is 1. The number of carbonyl (C=O) groups is 4. The van der Waals surface area contributed by atoms with Gasteiger partial charge >= 0.3 is 12.0 Å². The van der Waals surface area contributed by atoms with Gasteiger partial charge in [-0.3, -0.25) is 14.9 Å². The summed E-state index contributed by atoms with van der Waals surface area (Å²) in [4.78, 5) is 49.1. The third-order valence-corrected chi connectivity index (χ3v) is 4.03. The molecule has 0 spiro atoms. The highest BCUT2D eigenvalue weighted by Crippen LogP contribution is 2.27. The number of imide groups is 2. The van der Waals surface area contributed by atoms with E-state index in [-0.39, 0.29) is 11.3 Å². The molecule has 0 saturated carbocycles. The molecule has 0 aliphatic carbocycles. The monoisotopic (exact) mass is 380 g/mol. The van der Waals surface area contributed by atoms with E-state index in [1.54, 1.807) is 49.4 Å². The van der Waals surface area contributed by atoms with Crippen LogP contribution >= 0.6 is 0 Å². The molecule has 0 unspecified atom stereocenters. The maximum atomic E-state index is 12.9. The zero-order valence-corrected chi connectivity index (χ0v) is 14.8. The van der Waals surface area contributed by atoms with Gasteiger partial charge in [0.15, 0.2) is 6.61 Å². The molecule has 2 aromatic carbocycles. The number of hydrogen-bond acceptors (Lipinski definition) is 5. The molecule has 0 aromatic heterocycles. The number of ether oxygens (including phenoxy) is 1. The molecular formula is C20H16N2O6. The molecule has 1 aliphatic rings. The summed E-state index contributed by atoms with van der Waals surface area (Å²) in [7, 11) is 0. The molecule has 0 atom stereocenters. The molecule has 1 heterocycles. The minimum absolute atomic E-state index is 0.192. The van der Waals surface area contributed by atoms with Gasteiger partial charge in [0.25, 0.3) is 11.8 Å². The quantitative estimate of drug-likeness (QED) is 0.607. The predicted molar refractivity (Wildman–Crippen MR) is 99.8 cm³/mol. The first-order valence-electron chi connectivity index (χ1n) is 8.29. The molecule has 0 bridgehead atoms. The van der Waals surface area contributed by atoms with E-state index >= 15 is 0 Å². The van der Waals surface area contributed by atoms with Crippen LogP contribution in [0, 0.1) is 6.92 Å². The van der Waals surface area contributed by atoms with Crippen molar-refractivity contribution in [2.75, 3.05) is 11.5 Å². The number of urea groups is 1. The highest BCUT2D eigenvalue weighted by atomic mass is 16.5. The Morgan fingerprint density at radius 2 is 1.79 bits per heavy atom. The van der Waals surface area contributed by atoms with Gasteiger partial charge in [-0.15, -0.1) is 0 Å². The van der Waals surface area contributed by atoms with Crippen LogP contribution in [-0.4, -0.2) is 35.5 Å². The van der Waals surface area contributed by atoms with Crippen molar-refractivity contribution in [2.24, 2.45) is 0 Å². The number of nitrogens with one attached hydrogen (secondary N) is 1. The van der Waals surface area contributed by atoms with Crippen molar-refractivity contribution in [1.82, 2.24) is 5.32 Å². The van der Waals surface area contributed by atoms with Crippen LogP contribution in [0.4, 0.5) is 10.5 Å². The van der Waals surface area contributed by atoms with Crippen molar-refractivity contribution in [3.8, 4) is 5.75 Å². The molecule has 2 N–H and O–H groups in total. The number of hydrogen-bond donors (Lipinski definition) is 2. The Kier molecular flexibility index (Phi) is 5.21. The smallest absolute Gasteiger partial charge is 0.341 e. The second kappa shape index (κ2) is 7.75. The van der Waals surface area contributed by atoms with Crippen LogP contribution in [0.5, 0.6) is 5.75 Å². The van der Waals surface area contributed by atoms with Crippen LogP contribution in [0.15, 0.2) is 54.1 Å². The molecule has 2 aromatic rings. The third kappa shape index (κ3) is 3.75. The molecule has 1 saturated heterocycles. The average molecular weight is 380 g/mol. The minimum Gasteiger partial charge on any atom is -0.481 e. The van der Waals surface area contributed by atoms with Gasteiger partial charge in [-0.2, -0.15) is 0 Å². The third-order valence-electron chi connectivity index (χ3n) is 4.03. The molecule has 1 fully saturated rings. The summed E-state index contributed by atoms with van der Waals surface area (Å²) in [5, 5.41) is 10.9. The van der Waals surface area contributed by atoms with E-state index < -0.39 is 30.4 Å².